The highest BCUT2D eigenvalue weighted by molar-refractivity contribution is 5.79. The molecule has 0 saturated carbocycles. The van der Waals surface area contributed by atoms with Crippen LogP contribution in [-0.4, -0.2) is 64.6 Å². The van der Waals surface area contributed by atoms with Crippen LogP contribution >= 0.6 is 0 Å². The summed E-state index contributed by atoms with van der Waals surface area (Å²) in [5.74, 6) is 0.758. The minimum atomic E-state index is -0.472. The monoisotopic (exact) mass is 412 g/mol. The second-order valence-electron chi connectivity index (χ2n) is 8.06. The summed E-state index contributed by atoms with van der Waals surface area (Å²) >= 11 is 0. The van der Waals surface area contributed by atoms with Crippen molar-refractivity contribution in [1.29, 1.82) is 0 Å². The summed E-state index contributed by atoms with van der Waals surface area (Å²) < 4.78 is 2.04. The smallest absolute Gasteiger partial charge is 0.191 e. The molecule has 2 heterocycles. The molecule has 7 nitrogen and oxygen atoms in total. The number of fused-ring (bicyclic) bond motifs is 1. The maximum atomic E-state index is 10.5. The molecular weight excluding hydrogens is 376 g/mol. The molecule has 0 saturated heterocycles. The van der Waals surface area contributed by atoms with Crippen LogP contribution in [0.3, 0.4) is 0 Å². The third-order valence-electron chi connectivity index (χ3n) is 5.43. The standard InChI is InChI=1S/C23H36N6O/c1-4-24-23(25-11-7-12-29-19(3)14-18(2)27-29)26-15-22(30)17-28-13-10-20-8-5-6-9-21(20)16-28/h5-6,8-9,14,22,30H,4,7,10-13,15-17H2,1-3H3,(H2,24,25,26). The SMILES string of the molecule is CCNC(=NCC(O)CN1CCc2ccccc2C1)NCCCn1nc(C)cc1C. The number of aryl methyl sites for hydroxylation is 3. The Labute approximate surface area is 180 Å². The first kappa shape index (κ1) is 22.3. The van der Waals surface area contributed by atoms with Gasteiger partial charge in [0.2, 0.25) is 0 Å². The quantitative estimate of drug-likeness (QED) is 0.333. The van der Waals surface area contributed by atoms with Gasteiger partial charge in [0, 0.05) is 45.0 Å². The summed E-state index contributed by atoms with van der Waals surface area (Å²) in [6.45, 7) is 11.6. The molecule has 2 aromatic rings. The van der Waals surface area contributed by atoms with E-state index in [0.29, 0.717) is 13.1 Å². The lowest BCUT2D eigenvalue weighted by Gasteiger charge is -2.30. The molecule has 3 rings (SSSR count). The van der Waals surface area contributed by atoms with Gasteiger partial charge in [-0.2, -0.15) is 5.10 Å². The fourth-order valence-corrected chi connectivity index (χ4v) is 3.94. The van der Waals surface area contributed by atoms with Gasteiger partial charge in [-0.1, -0.05) is 24.3 Å². The molecule has 0 amide bonds. The molecule has 1 unspecified atom stereocenters. The Morgan fingerprint density at radius 3 is 2.77 bits per heavy atom. The number of benzene rings is 1. The fraction of sp³-hybridized carbons (Fsp3) is 0.565. The average molecular weight is 413 g/mol. The Morgan fingerprint density at radius 1 is 1.23 bits per heavy atom. The summed E-state index contributed by atoms with van der Waals surface area (Å²) in [5, 5.41) is 21.6. The highest BCUT2D eigenvalue weighted by atomic mass is 16.3. The van der Waals surface area contributed by atoms with Crippen LogP contribution in [0.1, 0.15) is 35.9 Å². The average Bonchev–Trinajstić information content (AvgIpc) is 3.06. The molecule has 1 aliphatic rings. The normalized spacial score (nSPS) is 15.7. The number of hydrogen-bond acceptors (Lipinski definition) is 4. The molecule has 1 aliphatic heterocycles. The predicted octanol–water partition coefficient (Wildman–Crippen LogP) is 1.86. The molecule has 0 bridgehead atoms. The van der Waals surface area contributed by atoms with Gasteiger partial charge in [0.15, 0.2) is 5.96 Å². The molecular formula is C23H36N6O. The number of aliphatic imine (C=N–C) groups is 1. The molecule has 7 heteroatoms. The van der Waals surface area contributed by atoms with Crippen LogP contribution in [0.2, 0.25) is 0 Å². The van der Waals surface area contributed by atoms with E-state index in [9.17, 15) is 5.11 Å². The number of rotatable bonds is 9. The molecule has 0 aliphatic carbocycles. The number of aromatic nitrogens is 2. The van der Waals surface area contributed by atoms with Gasteiger partial charge < -0.3 is 15.7 Å². The van der Waals surface area contributed by atoms with Crippen LogP contribution in [-0.2, 0) is 19.5 Å². The summed E-state index contributed by atoms with van der Waals surface area (Å²) in [4.78, 5) is 6.90. The van der Waals surface area contributed by atoms with Gasteiger partial charge in [-0.25, -0.2) is 0 Å². The number of hydrogen-bond donors (Lipinski definition) is 3. The van der Waals surface area contributed by atoms with Crippen LogP contribution in [0.15, 0.2) is 35.3 Å². The molecule has 1 aromatic carbocycles. The van der Waals surface area contributed by atoms with Crippen molar-refractivity contribution in [2.24, 2.45) is 4.99 Å². The van der Waals surface area contributed by atoms with E-state index < -0.39 is 6.10 Å². The van der Waals surface area contributed by atoms with E-state index in [-0.39, 0.29) is 0 Å². The van der Waals surface area contributed by atoms with Crippen molar-refractivity contribution in [2.45, 2.75) is 52.8 Å². The van der Waals surface area contributed by atoms with Gasteiger partial charge in [-0.15, -0.1) is 0 Å². The Kier molecular flexibility index (Phi) is 8.28. The van der Waals surface area contributed by atoms with Crippen LogP contribution in [0.4, 0.5) is 0 Å². The van der Waals surface area contributed by atoms with E-state index in [1.54, 1.807) is 0 Å². The van der Waals surface area contributed by atoms with Crippen molar-refractivity contribution >= 4 is 5.96 Å². The van der Waals surface area contributed by atoms with E-state index in [0.717, 1.165) is 57.2 Å². The Hall–Kier alpha value is -2.38. The van der Waals surface area contributed by atoms with Crippen LogP contribution in [0, 0.1) is 13.8 Å². The Morgan fingerprint density at radius 2 is 2.03 bits per heavy atom. The van der Waals surface area contributed by atoms with Crippen molar-refractivity contribution in [2.75, 3.05) is 32.7 Å². The number of nitrogens with one attached hydrogen (secondary N) is 2. The van der Waals surface area contributed by atoms with Crippen molar-refractivity contribution in [3.63, 3.8) is 0 Å². The minimum Gasteiger partial charge on any atom is -0.390 e. The molecule has 0 fully saturated rings. The van der Waals surface area contributed by atoms with Gasteiger partial charge in [0.25, 0.3) is 0 Å². The number of aliphatic hydroxyl groups is 1. The van der Waals surface area contributed by atoms with E-state index in [2.05, 4.69) is 69.8 Å². The molecule has 0 spiro atoms. The summed E-state index contributed by atoms with van der Waals surface area (Å²) in [6, 6.07) is 10.7. The zero-order valence-corrected chi connectivity index (χ0v) is 18.6. The highest BCUT2D eigenvalue weighted by Crippen LogP contribution is 2.18. The van der Waals surface area contributed by atoms with E-state index >= 15 is 0 Å². The fourth-order valence-electron chi connectivity index (χ4n) is 3.94. The second-order valence-corrected chi connectivity index (χ2v) is 8.06. The maximum Gasteiger partial charge on any atom is 0.191 e. The van der Waals surface area contributed by atoms with Crippen LogP contribution in [0.25, 0.3) is 0 Å². The van der Waals surface area contributed by atoms with Gasteiger partial charge in [-0.05, 0) is 50.8 Å². The lowest BCUT2D eigenvalue weighted by atomic mass is 10.00. The summed E-state index contributed by atoms with van der Waals surface area (Å²) in [5.41, 5.74) is 5.05. The first-order valence-corrected chi connectivity index (χ1v) is 11.1. The summed E-state index contributed by atoms with van der Waals surface area (Å²) in [6.07, 6.45) is 1.54. The zero-order chi connectivity index (χ0) is 21.3. The van der Waals surface area contributed by atoms with Crippen molar-refractivity contribution < 1.29 is 5.11 Å². The Bertz CT molecular complexity index is 831. The van der Waals surface area contributed by atoms with Gasteiger partial charge in [-0.3, -0.25) is 14.6 Å². The Balaban J connectivity index is 1.41. The van der Waals surface area contributed by atoms with Gasteiger partial charge >= 0.3 is 0 Å². The topological polar surface area (TPSA) is 77.7 Å². The van der Waals surface area contributed by atoms with E-state index in [4.69, 9.17) is 0 Å². The lowest BCUT2D eigenvalue weighted by Crippen LogP contribution is -2.40. The molecule has 1 atom stereocenters. The predicted molar refractivity (Wildman–Crippen MR) is 122 cm³/mol. The molecule has 164 valence electrons. The number of aliphatic hydroxyl groups excluding tert-OH is 1. The number of guanidine groups is 1. The number of β-amino-alcohol motifs (C(OH)–C–C–N with tert-alkyl or cyclic N) is 1. The van der Waals surface area contributed by atoms with Crippen molar-refractivity contribution in [3.05, 3.63) is 52.8 Å². The highest BCUT2D eigenvalue weighted by Gasteiger charge is 2.18. The van der Waals surface area contributed by atoms with Crippen LogP contribution in [0.5, 0.6) is 0 Å². The van der Waals surface area contributed by atoms with Crippen molar-refractivity contribution in [3.8, 4) is 0 Å². The first-order chi connectivity index (χ1) is 14.5. The molecule has 3 N–H and O–H groups in total. The van der Waals surface area contributed by atoms with E-state index in [1.165, 1.54) is 16.8 Å². The van der Waals surface area contributed by atoms with E-state index in [1.807, 2.05) is 11.6 Å². The lowest BCUT2D eigenvalue weighted by molar-refractivity contribution is 0.111. The third-order valence-corrected chi connectivity index (χ3v) is 5.43. The summed E-state index contributed by atoms with van der Waals surface area (Å²) in [7, 11) is 0. The largest absolute Gasteiger partial charge is 0.390 e. The van der Waals surface area contributed by atoms with Gasteiger partial charge in [0.05, 0.1) is 18.3 Å². The minimum absolute atomic E-state index is 0.394. The van der Waals surface area contributed by atoms with Crippen LogP contribution < -0.4 is 10.6 Å². The molecule has 30 heavy (non-hydrogen) atoms. The molecule has 0 radical (unpaired) electrons. The van der Waals surface area contributed by atoms with Gasteiger partial charge in [0.1, 0.15) is 0 Å². The molecule has 1 aromatic heterocycles. The first-order valence-electron chi connectivity index (χ1n) is 11.1. The third kappa shape index (κ3) is 6.57. The van der Waals surface area contributed by atoms with Crippen molar-refractivity contribution in [1.82, 2.24) is 25.3 Å². The second kappa shape index (κ2) is 11.1. The number of nitrogens with zero attached hydrogens (tertiary/aromatic N) is 4. The zero-order valence-electron chi connectivity index (χ0n) is 18.6. The maximum absolute atomic E-state index is 10.5.